The highest BCUT2D eigenvalue weighted by Gasteiger charge is 2.13. The smallest absolute Gasteiger partial charge is 0.221 e. The monoisotopic (exact) mass is 248 g/mol. The SMILES string of the molecule is CC(=O)Nc1cc(NC2CCOCC2)ccc1C. The lowest BCUT2D eigenvalue weighted by Gasteiger charge is -2.24. The Kier molecular flexibility index (Phi) is 4.20. The summed E-state index contributed by atoms with van der Waals surface area (Å²) in [7, 11) is 0. The van der Waals surface area contributed by atoms with Gasteiger partial charge in [0, 0.05) is 37.6 Å². The second-order valence-corrected chi connectivity index (χ2v) is 4.74. The van der Waals surface area contributed by atoms with Crippen LogP contribution in [0.1, 0.15) is 25.3 Å². The van der Waals surface area contributed by atoms with E-state index in [2.05, 4.69) is 16.7 Å². The van der Waals surface area contributed by atoms with Gasteiger partial charge in [-0.05, 0) is 37.5 Å². The van der Waals surface area contributed by atoms with E-state index < -0.39 is 0 Å². The van der Waals surface area contributed by atoms with Crippen molar-refractivity contribution in [3.05, 3.63) is 23.8 Å². The summed E-state index contributed by atoms with van der Waals surface area (Å²) in [6, 6.07) is 6.53. The summed E-state index contributed by atoms with van der Waals surface area (Å²) in [4.78, 5) is 11.1. The van der Waals surface area contributed by atoms with Gasteiger partial charge in [-0.2, -0.15) is 0 Å². The quantitative estimate of drug-likeness (QED) is 0.864. The number of hydrogen-bond donors (Lipinski definition) is 2. The summed E-state index contributed by atoms with van der Waals surface area (Å²) in [6.07, 6.45) is 2.06. The first kappa shape index (κ1) is 12.9. The third kappa shape index (κ3) is 3.47. The van der Waals surface area contributed by atoms with E-state index in [0.717, 1.165) is 43.0 Å². The zero-order chi connectivity index (χ0) is 13.0. The average Bonchev–Trinajstić information content (AvgIpc) is 2.34. The van der Waals surface area contributed by atoms with Crippen LogP contribution in [-0.2, 0) is 9.53 Å². The minimum absolute atomic E-state index is 0.0404. The molecule has 0 aliphatic carbocycles. The van der Waals surface area contributed by atoms with Crippen LogP contribution in [0.15, 0.2) is 18.2 Å². The van der Waals surface area contributed by atoms with Gasteiger partial charge < -0.3 is 15.4 Å². The van der Waals surface area contributed by atoms with Crippen LogP contribution in [0.25, 0.3) is 0 Å². The summed E-state index contributed by atoms with van der Waals surface area (Å²) >= 11 is 0. The van der Waals surface area contributed by atoms with Gasteiger partial charge in [0.15, 0.2) is 0 Å². The van der Waals surface area contributed by atoms with Gasteiger partial charge in [0.05, 0.1) is 0 Å². The van der Waals surface area contributed by atoms with Crippen LogP contribution in [0.4, 0.5) is 11.4 Å². The fourth-order valence-corrected chi connectivity index (χ4v) is 2.11. The number of anilines is 2. The van der Waals surface area contributed by atoms with E-state index >= 15 is 0 Å². The predicted molar refractivity (Wildman–Crippen MR) is 72.9 cm³/mol. The molecular formula is C14H20N2O2. The molecule has 0 aromatic heterocycles. The van der Waals surface area contributed by atoms with Crippen molar-refractivity contribution < 1.29 is 9.53 Å². The van der Waals surface area contributed by atoms with Crippen molar-refractivity contribution in [1.29, 1.82) is 0 Å². The molecule has 98 valence electrons. The topological polar surface area (TPSA) is 50.4 Å². The van der Waals surface area contributed by atoms with E-state index in [0.29, 0.717) is 6.04 Å². The maximum atomic E-state index is 11.1. The van der Waals surface area contributed by atoms with E-state index in [1.165, 1.54) is 6.92 Å². The number of hydrogen-bond acceptors (Lipinski definition) is 3. The van der Waals surface area contributed by atoms with Gasteiger partial charge in [0.2, 0.25) is 5.91 Å². The summed E-state index contributed by atoms with van der Waals surface area (Å²) in [5.74, 6) is -0.0404. The highest BCUT2D eigenvalue weighted by molar-refractivity contribution is 5.90. The van der Waals surface area contributed by atoms with Crippen LogP contribution in [0, 0.1) is 6.92 Å². The Hall–Kier alpha value is -1.55. The molecule has 1 aliphatic heterocycles. The molecule has 1 heterocycles. The van der Waals surface area contributed by atoms with Crippen molar-refractivity contribution in [2.24, 2.45) is 0 Å². The molecular weight excluding hydrogens is 228 g/mol. The van der Waals surface area contributed by atoms with Gasteiger partial charge in [0.25, 0.3) is 0 Å². The first-order valence-corrected chi connectivity index (χ1v) is 6.37. The third-order valence-corrected chi connectivity index (χ3v) is 3.14. The Morgan fingerprint density at radius 3 is 2.72 bits per heavy atom. The molecule has 0 unspecified atom stereocenters. The second-order valence-electron chi connectivity index (χ2n) is 4.74. The number of amides is 1. The summed E-state index contributed by atoms with van der Waals surface area (Å²) in [6.45, 7) is 5.16. The van der Waals surface area contributed by atoms with Crippen molar-refractivity contribution in [2.75, 3.05) is 23.8 Å². The third-order valence-electron chi connectivity index (χ3n) is 3.14. The highest BCUT2D eigenvalue weighted by atomic mass is 16.5. The lowest BCUT2D eigenvalue weighted by Crippen LogP contribution is -2.27. The Labute approximate surface area is 108 Å². The number of benzene rings is 1. The predicted octanol–water partition coefficient (Wildman–Crippen LogP) is 2.54. The number of aryl methyl sites for hydroxylation is 1. The fraction of sp³-hybridized carbons (Fsp3) is 0.500. The molecule has 1 amide bonds. The van der Waals surface area contributed by atoms with Gasteiger partial charge in [-0.1, -0.05) is 6.07 Å². The van der Waals surface area contributed by atoms with Crippen LogP contribution in [0.2, 0.25) is 0 Å². The van der Waals surface area contributed by atoms with Gasteiger partial charge >= 0.3 is 0 Å². The molecule has 4 heteroatoms. The van der Waals surface area contributed by atoms with Crippen LogP contribution in [-0.4, -0.2) is 25.2 Å². The Balaban J connectivity index is 2.05. The van der Waals surface area contributed by atoms with Crippen LogP contribution in [0.5, 0.6) is 0 Å². The number of nitrogens with one attached hydrogen (secondary N) is 2. The standard InChI is InChI=1S/C14H20N2O2/c1-10-3-4-13(9-14(10)15-11(2)17)16-12-5-7-18-8-6-12/h3-4,9,12,16H,5-8H2,1-2H3,(H,15,17). The van der Waals surface area contributed by atoms with Gasteiger partial charge in [0.1, 0.15) is 0 Å². The minimum Gasteiger partial charge on any atom is -0.382 e. The van der Waals surface area contributed by atoms with Crippen LogP contribution < -0.4 is 10.6 Å². The molecule has 1 aromatic rings. The summed E-state index contributed by atoms with van der Waals surface area (Å²) in [5.41, 5.74) is 3.00. The molecule has 0 radical (unpaired) electrons. The molecule has 0 atom stereocenters. The molecule has 1 aromatic carbocycles. The molecule has 0 bridgehead atoms. The average molecular weight is 248 g/mol. The number of rotatable bonds is 3. The Morgan fingerprint density at radius 1 is 1.33 bits per heavy atom. The van der Waals surface area contributed by atoms with Crippen molar-refractivity contribution in [3.8, 4) is 0 Å². The number of ether oxygens (including phenoxy) is 1. The Bertz CT molecular complexity index is 426. The Morgan fingerprint density at radius 2 is 2.06 bits per heavy atom. The zero-order valence-electron chi connectivity index (χ0n) is 11.0. The zero-order valence-corrected chi connectivity index (χ0v) is 11.0. The molecule has 1 saturated heterocycles. The first-order chi connectivity index (χ1) is 8.65. The minimum atomic E-state index is -0.0404. The van der Waals surface area contributed by atoms with E-state index in [1.54, 1.807) is 0 Å². The lowest BCUT2D eigenvalue weighted by molar-refractivity contribution is -0.114. The van der Waals surface area contributed by atoms with E-state index in [9.17, 15) is 4.79 Å². The van der Waals surface area contributed by atoms with Crippen molar-refractivity contribution in [1.82, 2.24) is 0 Å². The molecule has 2 N–H and O–H groups in total. The molecule has 1 aliphatic rings. The molecule has 4 nitrogen and oxygen atoms in total. The van der Waals surface area contributed by atoms with E-state index in [4.69, 9.17) is 4.74 Å². The van der Waals surface area contributed by atoms with Crippen molar-refractivity contribution in [2.45, 2.75) is 32.7 Å². The molecule has 0 saturated carbocycles. The number of carbonyl (C=O) groups is 1. The molecule has 0 spiro atoms. The van der Waals surface area contributed by atoms with Crippen LogP contribution >= 0.6 is 0 Å². The maximum absolute atomic E-state index is 11.1. The highest BCUT2D eigenvalue weighted by Crippen LogP contribution is 2.22. The maximum Gasteiger partial charge on any atom is 0.221 e. The van der Waals surface area contributed by atoms with Crippen molar-refractivity contribution >= 4 is 17.3 Å². The second kappa shape index (κ2) is 5.87. The first-order valence-electron chi connectivity index (χ1n) is 6.37. The van der Waals surface area contributed by atoms with E-state index in [1.807, 2.05) is 19.1 Å². The van der Waals surface area contributed by atoms with Gasteiger partial charge in [-0.3, -0.25) is 4.79 Å². The normalized spacial score (nSPS) is 16.3. The summed E-state index contributed by atoms with van der Waals surface area (Å²) in [5, 5.41) is 6.34. The largest absolute Gasteiger partial charge is 0.382 e. The fourth-order valence-electron chi connectivity index (χ4n) is 2.11. The van der Waals surface area contributed by atoms with Crippen molar-refractivity contribution in [3.63, 3.8) is 0 Å². The number of carbonyl (C=O) groups excluding carboxylic acids is 1. The van der Waals surface area contributed by atoms with Gasteiger partial charge in [-0.15, -0.1) is 0 Å². The molecule has 18 heavy (non-hydrogen) atoms. The molecule has 1 fully saturated rings. The van der Waals surface area contributed by atoms with E-state index in [-0.39, 0.29) is 5.91 Å². The van der Waals surface area contributed by atoms with Crippen LogP contribution in [0.3, 0.4) is 0 Å². The van der Waals surface area contributed by atoms with Gasteiger partial charge in [-0.25, -0.2) is 0 Å². The molecule has 2 rings (SSSR count). The lowest BCUT2D eigenvalue weighted by atomic mass is 10.1. The summed E-state index contributed by atoms with van der Waals surface area (Å²) < 4.78 is 5.34.